The second-order valence-corrected chi connectivity index (χ2v) is 0.552. The van der Waals surface area contributed by atoms with Crippen LogP contribution in [0.15, 0.2) is 0 Å². The monoisotopic (exact) mass is 110 g/mol. The van der Waals surface area contributed by atoms with E-state index in [1.807, 2.05) is 0 Å². The largest absolute Gasteiger partial charge is 0.480 e. The Balaban J connectivity index is 0. The first-order valence-electron chi connectivity index (χ1n) is 1.30. The van der Waals surface area contributed by atoms with Crippen molar-refractivity contribution >= 4 is 5.97 Å². The molecule has 0 aromatic carbocycles. The molecule has 0 atom stereocenters. The molecular weight excluding hydrogens is 104 g/mol. The van der Waals surface area contributed by atoms with E-state index in [2.05, 4.69) is 0 Å². The molecule has 0 spiro atoms. The van der Waals surface area contributed by atoms with Crippen molar-refractivity contribution in [1.82, 2.24) is 0 Å². The van der Waals surface area contributed by atoms with E-state index in [-0.39, 0.29) is 0 Å². The fraction of sp³-hybridized carbons (Fsp3) is 0.500. The number of hydrogen-bond donors (Lipinski definition) is 4. The molecule has 0 radical (unpaired) electrons. The van der Waals surface area contributed by atoms with Crippen LogP contribution in [0.25, 0.3) is 0 Å². The Morgan fingerprint density at radius 3 is 1.57 bits per heavy atom. The summed E-state index contributed by atoms with van der Waals surface area (Å²) in [5, 5.41) is 27.0. The normalized spacial score (nSPS) is 6.14. The summed E-state index contributed by atoms with van der Waals surface area (Å²) in [4.78, 5) is 9.12. The van der Waals surface area contributed by atoms with Gasteiger partial charge in [-0.25, -0.2) is 4.79 Å². The van der Waals surface area contributed by atoms with Crippen LogP contribution >= 0.6 is 0 Å². The summed E-state index contributed by atoms with van der Waals surface area (Å²) in [5.74, 6) is -1.19. The number of carboxylic acid groups (broad SMARTS) is 1. The van der Waals surface area contributed by atoms with Gasteiger partial charge < -0.3 is 10.2 Å². The molecule has 0 saturated heterocycles. The van der Waals surface area contributed by atoms with Crippen LogP contribution in [0, 0.1) is 0 Å². The predicted octanol–water partition coefficient (Wildman–Crippen LogP) is -0.919. The summed E-state index contributed by atoms with van der Waals surface area (Å²) < 4.78 is 0. The number of aliphatic hydroxyl groups excluding tert-OH is 1. The van der Waals surface area contributed by atoms with E-state index in [1.165, 1.54) is 0 Å². The van der Waals surface area contributed by atoms with E-state index < -0.39 is 12.6 Å². The SMILES string of the molecule is O=C(O)CO.OO. The zero-order valence-corrected chi connectivity index (χ0v) is 3.40. The third kappa shape index (κ3) is 32.9. The van der Waals surface area contributed by atoms with Crippen LogP contribution < -0.4 is 0 Å². The average Bonchev–Trinajstić information content (AvgIpc) is 1.73. The number of rotatable bonds is 1. The highest BCUT2D eigenvalue weighted by Crippen LogP contribution is 1.48. The van der Waals surface area contributed by atoms with E-state index >= 15 is 0 Å². The highest BCUT2D eigenvalue weighted by atomic mass is 17.0. The van der Waals surface area contributed by atoms with Gasteiger partial charge in [-0.15, -0.1) is 0 Å². The zero-order chi connectivity index (χ0) is 6.28. The standard InChI is InChI=1S/C2H4O3.H2O2/c3-1-2(4)5;1-2/h3H,1H2,(H,4,5);1-2H. The third-order valence-corrected chi connectivity index (χ3v) is 0.135. The Kier molecular flexibility index (Phi) is 12.4. The van der Waals surface area contributed by atoms with Crippen molar-refractivity contribution in [2.24, 2.45) is 0 Å². The minimum absolute atomic E-state index is 0.778. The molecular formula is C2H6O5. The second kappa shape index (κ2) is 9.02. The van der Waals surface area contributed by atoms with Crippen LogP contribution in [-0.2, 0) is 4.79 Å². The van der Waals surface area contributed by atoms with E-state index in [1.54, 1.807) is 0 Å². The molecule has 0 fully saturated rings. The summed E-state index contributed by atoms with van der Waals surface area (Å²) in [6.07, 6.45) is 0. The first kappa shape index (κ1) is 9.61. The van der Waals surface area contributed by atoms with Gasteiger partial charge in [0.25, 0.3) is 0 Å². The molecule has 0 heterocycles. The molecule has 0 aromatic rings. The molecule has 0 amide bonds. The molecule has 7 heavy (non-hydrogen) atoms. The van der Waals surface area contributed by atoms with Gasteiger partial charge in [0.15, 0.2) is 0 Å². The fourth-order valence-electron chi connectivity index (χ4n) is 0. The van der Waals surface area contributed by atoms with Crippen LogP contribution in [0.1, 0.15) is 0 Å². The molecule has 0 bridgehead atoms. The Bertz CT molecular complexity index is 41.3. The van der Waals surface area contributed by atoms with Gasteiger partial charge in [0.2, 0.25) is 0 Å². The molecule has 0 unspecified atom stereocenters. The van der Waals surface area contributed by atoms with E-state index in [4.69, 9.17) is 25.5 Å². The van der Waals surface area contributed by atoms with E-state index in [0.717, 1.165) is 0 Å². The fourth-order valence-corrected chi connectivity index (χ4v) is 0. The van der Waals surface area contributed by atoms with Crippen LogP contribution in [0.4, 0.5) is 0 Å². The molecule has 0 rings (SSSR count). The third-order valence-electron chi connectivity index (χ3n) is 0.135. The average molecular weight is 110 g/mol. The summed E-state index contributed by atoms with van der Waals surface area (Å²) >= 11 is 0. The minimum atomic E-state index is -1.19. The lowest BCUT2D eigenvalue weighted by Crippen LogP contribution is -1.98. The van der Waals surface area contributed by atoms with Gasteiger partial charge in [0.05, 0.1) is 0 Å². The summed E-state index contributed by atoms with van der Waals surface area (Å²) in [7, 11) is 0. The van der Waals surface area contributed by atoms with Gasteiger partial charge in [-0.2, -0.15) is 0 Å². The Labute approximate surface area is 39.4 Å². The molecule has 44 valence electrons. The summed E-state index contributed by atoms with van der Waals surface area (Å²) in [5.41, 5.74) is 0. The van der Waals surface area contributed by atoms with Gasteiger partial charge >= 0.3 is 5.97 Å². The number of aliphatic hydroxyl groups is 1. The highest BCUT2D eigenvalue weighted by molar-refractivity contribution is 5.67. The number of carbonyl (C=O) groups is 1. The summed E-state index contributed by atoms with van der Waals surface area (Å²) in [6.45, 7) is -0.778. The maximum atomic E-state index is 9.12. The maximum absolute atomic E-state index is 9.12. The molecule has 4 N–H and O–H groups in total. The smallest absolute Gasteiger partial charge is 0.329 e. The molecule has 0 saturated carbocycles. The van der Waals surface area contributed by atoms with Crippen molar-refractivity contribution in [2.45, 2.75) is 0 Å². The summed E-state index contributed by atoms with van der Waals surface area (Å²) in [6, 6.07) is 0. The quantitative estimate of drug-likeness (QED) is 0.258. The Hall–Kier alpha value is -0.650. The number of carboxylic acids is 1. The van der Waals surface area contributed by atoms with Gasteiger partial charge in [-0.1, -0.05) is 0 Å². The lowest BCUT2D eigenvalue weighted by molar-refractivity contribution is -0.176. The van der Waals surface area contributed by atoms with Crippen LogP contribution in [0.5, 0.6) is 0 Å². The predicted molar refractivity (Wildman–Crippen MR) is 20.0 cm³/mol. The zero-order valence-electron chi connectivity index (χ0n) is 3.40. The molecule has 0 aliphatic carbocycles. The van der Waals surface area contributed by atoms with Gasteiger partial charge in [0.1, 0.15) is 6.61 Å². The topological polar surface area (TPSA) is 98.0 Å². The van der Waals surface area contributed by atoms with Crippen molar-refractivity contribution in [1.29, 1.82) is 0 Å². The van der Waals surface area contributed by atoms with Gasteiger partial charge in [-0.3, -0.25) is 10.5 Å². The van der Waals surface area contributed by atoms with Crippen LogP contribution in [0.3, 0.4) is 0 Å². The molecule has 0 aliphatic heterocycles. The Morgan fingerprint density at radius 1 is 1.43 bits per heavy atom. The van der Waals surface area contributed by atoms with E-state index in [0.29, 0.717) is 0 Å². The van der Waals surface area contributed by atoms with Crippen molar-refractivity contribution in [2.75, 3.05) is 6.61 Å². The lowest BCUT2D eigenvalue weighted by Gasteiger charge is -1.72. The molecule has 0 aromatic heterocycles. The maximum Gasteiger partial charge on any atom is 0.329 e. The minimum Gasteiger partial charge on any atom is -0.480 e. The number of aliphatic carboxylic acids is 1. The molecule has 5 heteroatoms. The van der Waals surface area contributed by atoms with Crippen molar-refractivity contribution < 1.29 is 25.5 Å². The van der Waals surface area contributed by atoms with Crippen molar-refractivity contribution in [3.63, 3.8) is 0 Å². The Morgan fingerprint density at radius 2 is 1.57 bits per heavy atom. The first-order chi connectivity index (χ1) is 3.27. The lowest BCUT2D eigenvalue weighted by atomic mass is 10.8. The first-order valence-corrected chi connectivity index (χ1v) is 1.30. The molecule has 0 aliphatic rings. The van der Waals surface area contributed by atoms with Crippen LogP contribution in [0.2, 0.25) is 0 Å². The highest BCUT2D eigenvalue weighted by Gasteiger charge is 1.82. The van der Waals surface area contributed by atoms with Gasteiger partial charge in [-0.05, 0) is 0 Å². The molecule has 5 nitrogen and oxygen atoms in total. The number of hydrogen-bond acceptors (Lipinski definition) is 4. The van der Waals surface area contributed by atoms with Crippen LogP contribution in [-0.4, -0.2) is 33.3 Å². The van der Waals surface area contributed by atoms with Gasteiger partial charge in [0, 0.05) is 0 Å². The second-order valence-electron chi connectivity index (χ2n) is 0.552. The van der Waals surface area contributed by atoms with Crippen molar-refractivity contribution in [3.05, 3.63) is 0 Å². The van der Waals surface area contributed by atoms with Crippen molar-refractivity contribution in [3.8, 4) is 0 Å². The van der Waals surface area contributed by atoms with E-state index in [9.17, 15) is 0 Å².